The molecule has 0 amide bonds. The molecule has 0 radical (unpaired) electrons. The first-order chi connectivity index (χ1) is 9.87. The van der Waals surface area contributed by atoms with Gasteiger partial charge in [-0.2, -0.15) is 4.31 Å². The third-order valence-corrected chi connectivity index (χ3v) is 5.57. The highest BCUT2D eigenvalue weighted by Gasteiger charge is 2.38. The van der Waals surface area contributed by atoms with Crippen LogP contribution in [0.4, 0.5) is 0 Å². The minimum atomic E-state index is -3.89. The van der Waals surface area contributed by atoms with Gasteiger partial charge in [0.1, 0.15) is 16.7 Å². The lowest BCUT2D eigenvalue weighted by atomic mass is 10.1. The maximum Gasteiger partial charge on any atom is 0.322 e. The second kappa shape index (κ2) is 6.03. The molecule has 1 heterocycles. The fourth-order valence-corrected chi connectivity index (χ4v) is 4.44. The van der Waals surface area contributed by atoms with Gasteiger partial charge >= 0.3 is 5.97 Å². The number of aliphatic carboxylic acids is 1. The molecule has 1 N–H and O–H groups in total. The molecule has 7 heteroatoms. The van der Waals surface area contributed by atoms with Gasteiger partial charge in [-0.15, -0.1) is 0 Å². The Bertz CT molecular complexity index is 641. The highest BCUT2D eigenvalue weighted by molar-refractivity contribution is 7.89. The summed E-state index contributed by atoms with van der Waals surface area (Å²) in [5.41, 5.74) is 0.776. The van der Waals surface area contributed by atoms with Gasteiger partial charge in [-0.05, 0) is 43.9 Å². The van der Waals surface area contributed by atoms with Crippen LogP contribution in [-0.4, -0.2) is 43.5 Å². The van der Waals surface area contributed by atoms with E-state index in [1.54, 1.807) is 19.1 Å². The number of methoxy groups -OCH3 is 1. The number of nitrogens with zero attached hydrogens (tertiary/aromatic N) is 1. The standard InChI is InChI=1S/C14H19NO5S/c1-10-6-7-12(20-2)13(9-10)21(18,19)15-8-4-3-5-11(15)14(16)17/h6-7,9,11H,3-5,8H2,1-2H3,(H,16,17)/t11-/m0/s1. The summed E-state index contributed by atoms with van der Waals surface area (Å²) >= 11 is 0. The maximum atomic E-state index is 12.8. The number of sulfonamides is 1. The Kier molecular flexibility index (Phi) is 4.53. The molecule has 1 saturated heterocycles. The van der Waals surface area contributed by atoms with Crippen molar-refractivity contribution in [2.45, 2.75) is 37.1 Å². The molecule has 0 aliphatic carbocycles. The van der Waals surface area contributed by atoms with Crippen LogP contribution in [0.1, 0.15) is 24.8 Å². The Labute approximate surface area is 124 Å². The number of piperidine rings is 1. The molecule has 21 heavy (non-hydrogen) atoms. The van der Waals surface area contributed by atoms with Gasteiger partial charge in [0, 0.05) is 6.54 Å². The maximum absolute atomic E-state index is 12.8. The van der Waals surface area contributed by atoms with E-state index in [0.717, 1.165) is 9.87 Å². The predicted octanol–water partition coefficient (Wildman–Crippen LogP) is 1.63. The predicted molar refractivity (Wildman–Crippen MR) is 76.9 cm³/mol. The zero-order chi connectivity index (χ0) is 15.6. The Balaban J connectivity index is 2.50. The fraction of sp³-hybridized carbons (Fsp3) is 0.500. The summed E-state index contributed by atoms with van der Waals surface area (Å²) in [6.45, 7) is 2.00. The highest BCUT2D eigenvalue weighted by Crippen LogP contribution is 2.31. The summed E-state index contributed by atoms with van der Waals surface area (Å²) in [6.07, 6.45) is 1.72. The summed E-state index contributed by atoms with van der Waals surface area (Å²) < 4.78 is 31.8. The molecule has 0 bridgehead atoms. The first-order valence-electron chi connectivity index (χ1n) is 6.77. The van der Waals surface area contributed by atoms with Crippen LogP contribution in [0.3, 0.4) is 0 Å². The number of carboxylic acids is 1. The average molecular weight is 313 g/mol. The second-order valence-corrected chi connectivity index (χ2v) is 6.98. The van der Waals surface area contributed by atoms with E-state index in [4.69, 9.17) is 4.74 Å². The van der Waals surface area contributed by atoms with E-state index in [1.165, 1.54) is 13.2 Å². The molecular weight excluding hydrogens is 294 g/mol. The average Bonchev–Trinajstić information content (AvgIpc) is 2.47. The summed E-state index contributed by atoms with van der Waals surface area (Å²) in [7, 11) is -2.50. The van der Waals surface area contributed by atoms with Gasteiger partial charge in [0.15, 0.2) is 0 Å². The van der Waals surface area contributed by atoms with E-state index >= 15 is 0 Å². The lowest BCUT2D eigenvalue weighted by Gasteiger charge is -2.32. The first-order valence-corrected chi connectivity index (χ1v) is 8.21. The van der Waals surface area contributed by atoms with Crippen LogP contribution in [0.15, 0.2) is 23.1 Å². The van der Waals surface area contributed by atoms with E-state index in [1.807, 2.05) is 0 Å². The normalized spacial score (nSPS) is 20.2. The molecule has 1 aliphatic heterocycles. The van der Waals surface area contributed by atoms with Crippen molar-refractivity contribution in [3.63, 3.8) is 0 Å². The van der Waals surface area contributed by atoms with Gasteiger partial charge in [0.2, 0.25) is 10.0 Å². The van der Waals surface area contributed by atoms with Crippen molar-refractivity contribution in [2.24, 2.45) is 0 Å². The van der Waals surface area contributed by atoms with Crippen LogP contribution >= 0.6 is 0 Å². The first kappa shape index (κ1) is 15.8. The van der Waals surface area contributed by atoms with E-state index in [0.29, 0.717) is 19.3 Å². The molecule has 0 aromatic heterocycles. The number of ether oxygens (including phenoxy) is 1. The largest absolute Gasteiger partial charge is 0.495 e. The summed E-state index contributed by atoms with van der Waals surface area (Å²) in [5, 5.41) is 9.26. The number of hydrogen-bond acceptors (Lipinski definition) is 4. The molecule has 0 unspecified atom stereocenters. The van der Waals surface area contributed by atoms with E-state index in [2.05, 4.69) is 0 Å². The fourth-order valence-electron chi connectivity index (χ4n) is 2.55. The van der Waals surface area contributed by atoms with Crippen LogP contribution in [-0.2, 0) is 14.8 Å². The molecular formula is C14H19NO5S. The van der Waals surface area contributed by atoms with E-state index in [-0.39, 0.29) is 17.2 Å². The van der Waals surface area contributed by atoms with Crippen molar-refractivity contribution in [2.75, 3.05) is 13.7 Å². The number of hydrogen-bond donors (Lipinski definition) is 1. The summed E-state index contributed by atoms with van der Waals surface area (Å²) in [5.74, 6) is -0.875. The SMILES string of the molecule is COc1ccc(C)cc1S(=O)(=O)N1CCCC[C@H]1C(=O)O. The number of benzene rings is 1. The Hall–Kier alpha value is -1.60. The van der Waals surface area contributed by atoms with Crippen molar-refractivity contribution in [1.29, 1.82) is 0 Å². The molecule has 1 atom stereocenters. The van der Waals surface area contributed by atoms with Crippen molar-refractivity contribution in [3.05, 3.63) is 23.8 Å². The van der Waals surface area contributed by atoms with Crippen LogP contribution in [0, 0.1) is 6.92 Å². The molecule has 1 aliphatic rings. The number of carbonyl (C=O) groups is 1. The van der Waals surface area contributed by atoms with Crippen molar-refractivity contribution in [1.82, 2.24) is 4.31 Å². The molecule has 2 rings (SSSR count). The molecule has 116 valence electrons. The lowest BCUT2D eigenvalue weighted by molar-refractivity contribution is -0.142. The number of aryl methyl sites for hydroxylation is 1. The van der Waals surface area contributed by atoms with Crippen LogP contribution in [0.5, 0.6) is 5.75 Å². The molecule has 0 spiro atoms. The molecule has 0 saturated carbocycles. The van der Waals surface area contributed by atoms with Crippen molar-refractivity contribution < 1.29 is 23.1 Å². The smallest absolute Gasteiger partial charge is 0.322 e. The summed E-state index contributed by atoms with van der Waals surface area (Å²) in [4.78, 5) is 11.4. The zero-order valence-electron chi connectivity index (χ0n) is 12.1. The Morgan fingerprint density at radius 2 is 2.10 bits per heavy atom. The topological polar surface area (TPSA) is 83.9 Å². The van der Waals surface area contributed by atoms with E-state index in [9.17, 15) is 18.3 Å². The van der Waals surface area contributed by atoms with Crippen molar-refractivity contribution in [3.8, 4) is 5.75 Å². The highest BCUT2D eigenvalue weighted by atomic mass is 32.2. The molecule has 6 nitrogen and oxygen atoms in total. The van der Waals surface area contributed by atoms with Gasteiger partial charge in [-0.1, -0.05) is 6.07 Å². The number of rotatable bonds is 4. The van der Waals surface area contributed by atoms with Gasteiger partial charge in [-0.25, -0.2) is 8.42 Å². The zero-order valence-corrected chi connectivity index (χ0v) is 12.9. The second-order valence-electron chi connectivity index (χ2n) is 5.12. The monoisotopic (exact) mass is 313 g/mol. The van der Waals surface area contributed by atoms with Gasteiger partial charge in [0.25, 0.3) is 0 Å². The minimum absolute atomic E-state index is 0.0261. The number of carboxylic acid groups (broad SMARTS) is 1. The Morgan fingerprint density at radius 3 is 2.71 bits per heavy atom. The van der Waals surface area contributed by atoms with Crippen molar-refractivity contribution >= 4 is 16.0 Å². The van der Waals surface area contributed by atoms with Gasteiger partial charge < -0.3 is 9.84 Å². The van der Waals surface area contributed by atoms with Gasteiger partial charge in [0.05, 0.1) is 7.11 Å². The van der Waals surface area contributed by atoms with Gasteiger partial charge in [-0.3, -0.25) is 4.79 Å². The molecule has 1 fully saturated rings. The minimum Gasteiger partial charge on any atom is -0.495 e. The molecule has 1 aromatic rings. The van der Waals surface area contributed by atoms with Crippen LogP contribution < -0.4 is 4.74 Å². The van der Waals surface area contributed by atoms with Crippen LogP contribution in [0.25, 0.3) is 0 Å². The lowest BCUT2D eigenvalue weighted by Crippen LogP contribution is -2.47. The Morgan fingerprint density at radius 1 is 1.38 bits per heavy atom. The van der Waals surface area contributed by atoms with Crippen LogP contribution in [0.2, 0.25) is 0 Å². The van der Waals surface area contributed by atoms with E-state index < -0.39 is 22.0 Å². The quantitative estimate of drug-likeness (QED) is 0.913. The third-order valence-electron chi connectivity index (χ3n) is 3.64. The molecule has 1 aromatic carbocycles. The summed E-state index contributed by atoms with van der Waals surface area (Å²) in [6, 6.07) is 3.85. The third kappa shape index (κ3) is 3.03.